The molecule has 0 spiro atoms. The van der Waals surface area contributed by atoms with Crippen molar-refractivity contribution in [1.82, 2.24) is 4.90 Å². The Morgan fingerprint density at radius 3 is 2.65 bits per heavy atom. The largest absolute Gasteiger partial charge is 0.467 e. The number of nitrogens with two attached hydrogens (primary N) is 1. The van der Waals surface area contributed by atoms with E-state index >= 15 is 0 Å². The number of carbonyl (C=O) groups excluding carboxylic acids is 1. The number of carbonyl (C=O) groups is 1. The molecule has 1 aromatic rings. The van der Waals surface area contributed by atoms with Gasteiger partial charge in [-0.15, -0.1) is 0 Å². The highest BCUT2D eigenvalue weighted by molar-refractivity contribution is 5.79. The first-order valence-electron chi connectivity index (χ1n) is 7.66. The van der Waals surface area contributed by atoms with Crippen molar-refractivity contribution in [3.8, 4) is 0 Å². The molecule has 112 valence electrons. The molecule has 20 heavy (non-hydrogen) atoms. The lowest BCUT2D eigenvalue weighted by Crippen LogP contribution is -2.45. The Labute approximate surface area is 121 Å². The highest BCUT2D eigenvalue weighted by Gasteiger charge is 2.32. The fraction of sp³-hybridized carbons (Fsp3) is 0.688. The summed E-state index contributed by atoms with van der Waals surface area (Å²) >= 11 is 0. The zero-order chi connectivity index (χ0) is 14.5. The van der Waals surface area contributed by atoms with Crippen LogP contribution in [-0.4, -0.2) is 23.4 Å². The highest BCUT2D eigenvalue weighted by Crippen LogP contribution is 2.27. The van der Waals surface area contributed by atoms with E-state index < -0.39 is 0 Å². The molecule has 1 saturated carbocycles. The average molecular weight is 278 g/mol. The van der Waals surface area contributed by atoms with Crippen molar-refractivity contribution in [2.45, 2.75) is 52.1 Å². The van der Waals surface area contributed by atoms with E-state index in [9.17, 15) is 4.79 Å². The van der Waals surface area contributed by atoms with Crippen LogP contribution in [0.5, 0.6) is 0 Å². The number of rotatable bonds is 6. The summed E-state index contributed by atoms with van der Waals surface area (Å²) in [6, 6.07) is 4.15. The van der Waals surface area contributed by atoms with Crippen molar-refractivity contribution >= 4 is 5.91 Å². The molecular formula is C16H26N2O2. The minimum Gasteiger partial charge on any atom is -0.467 e. The second kappa shape index (κ2) is 6.93. The van der Waals surface area contributed by atoms with Crippen LogP contribution >= 0.6 is 0 Å². The minimum atomic E-state index is -0.0921. The molecule has 0 radical (unpaired) electrons. The third-order valence-electron chi connectivity index (χ3n) is 4.33. The molecule has 0 bridgehead atoms. The Balaban J connectivity index is 2.14. The van der Waals surface area contributed by atoms with Crippen LogP contribution in [0.2, 0.25) is 0 Å². The lowest BCUT2D eigenvalue weighted by atomic mass is 9.93. The highest BCUT2D eigenvalue weighted by atomic mass is 16.3. The molecule has 1 atom stereocenters. The van der Waals surface area contributed by atoms with Crippen LogP contribution in [0.15, 0.2) is 22.8 Å². The van der Waals surface area contributed by atoms with E-state index in [0.29, 0.717) is 19.1 Å². The first-order valence-corrected chi connectivity index (χ1v) is 7.66. The van der Waals surface area contributed by atoms with Crippen LogP contribution in [0, 0.1) is 11.8 Å². The van der Waals surface area contributed by atoms with Crippen molar-refractivity contribution < 1.29 is 9.21 Å². The average Bonchev–Trinajstić information content (AvgIpc) is 3.09. The number of hydrogen-bond donors (Lipinski definition) is 1. The van der Waals surface area contributed by atoms with Gasteiger partial charge in [0, 0.05) is 12.6 Å². The Hall–Kier alpha value is -1.29. The summed E-state index contributed by atoms with van der Waals surface area (Å²) in [6.07, 6.45) is 6.28. The SMILES string of the molecule is CC(C)C(CN)C(=O)N(Cc1ccco1)C1CCCC1. The van der Waals surface area contributed by atoms with Crippen molar-refractivity contribution in [3.05, 3.63) is 24.2 Å². The normalized spacial score (nSPS) is 17.6. The van der Waals surface area contributed by atoms with E-state index in [0.717, 1.165) is 18.6 Å². The standard InChI is InChI=1S/C16H26N2O2/c1-12(2)15(10-17)16(19)18(13-6-3-4-7-13)11-14-8-5-9-20-14/h5,8-9,12-13,15H,3-4,6-7,10-11,17H2,1-2H3. The molecule has 1 unspecified atom stereocenters. The van der Waals surface area contributed by atoms with Gasteiger partial charge in [0.25, 0.3) is 0 Å². The number of furan rings is 1. The van der Waals surface area contributed by atoms with Crippen molar-refractivity contribution in [3.63, 3.8) is 0 Å². The van der Waals surface area contributed by atoms with Gasteiger partial charge in [-0.25, -0.2) is 0 Å². The number of nitrogens with zero attached hydrogens (tertiary/aromatic N) is 1. The van der Waals surface area contributed by atoms with Crippen LogP contribution < -0.4 is 5.73 Å². The molecule has 4 nitrogen and oxygen atoms in total. The van der Waals surface area contributed by atoms with Gasteiger partial charge in [-0.2, -0.15) is 0 Å². The van der Waals surface area contributed by atoms with Crippen molar-refractivity contribution in [2.75, 3.05) is 6.54 Å². The lowest BCUT2D eigenvalue weighted by molar-refractivity contribution is -0.140. The molecule has 1 amide bonds. The fourth-order valence-corrected chi connectivity index (χ4v) is 3.04. The maximum absolute atomic E-state index is 12.8. The zero-order valence-corrected chi connectivity index (χ0v) is 12.5. The fourth-order valence-electron chi connectivity index (χ4n) is 3.04. The lowest BCUT2D eigenvalue weighted by Gasteiger charge is -2.32. The summed E-state index contributed by atoms with van der Waals surface area (Å²) in [7, 11) is 0. The summed E-state index contributed by atoms with van der Waals surface area (Å²) in [4.78, 5) is 14.8. The van der Waals surface area contributed by atoms with Gasteiger partial charge in [-0.05, 0) is 30.9 Å². The molecular weight excluding hydrogens is 252 g/mol. The van der Waals surface area contributed by atoms with Gasteiger partial charge < -0.3 is 15.1 Å². The molecule has 0 aromatic carbocycles. The van der Waals surface area contributed by atoms with E-state index in [1.807, 2.05) is 17.0 Å². The van der Waals surface area contributed by atoms with Crippen LogP contribution in [-0.2, 0) is 11.3 Å². The molecule has 1 aliphatic carbocycles. The Kier molecular flexibility index (Phi) is 5.24. The molecule has 0 saturated heterocycles. The van der Waals surface area contributed by atoms with Gasteiger partial charge in [-0.3, -0.25) is 4.79 Å². The monoisotopic (exact) mass is 278 g/mol. The minimum absolute atomic E-state index is 0.0921. The van der Waals surface area contributed by atoms with E-state index in [2.05, 4.69) is 13.8 Å². The number of amides is 1. The Morgan fingerprint density at radius 1 is 1.45 bits per heavy atom. The van der Waals surface area contributed by atoms with E-state index in [1.54, 1.807) is 6.26 Å². The quantitative estimate of drug-likeness (QED) is 0.870. The third-order valence-corrected chi connectivity index (χ3v) is 4.33. The summed E-state index contributed by atoms with van der Waals surface area (Å²) < 4.78 is 5.42. The Bertz CT molecular complexity index is 408. The summed E-state index contributed by atoms with van der Waals surface area (Å²) in [5.41, 5.74) is 5.81. The molecule has 1 fully saturated rings. The van der Waals surface area contributed by atoms with Gasteiger partial charge in [0.05, 0.1) is 18.7 Å². The Morgan fingerprint density at radius 2 is 2.15 bits per heavy atom. The van der Waals surface area contributed by atoms with Gasteiger partial charge >= 0.3 is 0 Å². The first kappa shape index (κ1) is 15.1. The zero-order valence-electron chi connectivity index (χ0n) is 12.5. The van der Waals surface area contributed by atoms with Gasteiger partial charge in [-0.1, -0.05) is 26.7 Å². The van der Waals surface area contributed by atoms with Crippen molar-refractivity contribution in [1.29, 1.82) is 0 Å². The summed E-state index contributed by atoms with van der Waals surface area (Å²) in [5.74, 6) is 1.22. The van der Waals surface area contributed by atoms with Crippen LogP contribution in [0.4, 0.5) is 0 Å². The molecule has 2 N–H and O–H groups in total. The van der Waals surface area contributed by atoms with Crippen LogP contribution in [0.3, 0.4) is 0 Å². The number of hydrogen-bond acceptors (Lipinski definition) is 3. The second-order valence-corrected chi connectivity index (χ2v) is 6.07. The first-order chi connectivity index (χ1) is 9.63. The van der Waals surface area contributed by atoms with E-state index in [-0.39, 0.29) is 17.7 Å². The van der Waals surface area contributed by atoms with Gasteiger partial charge in [0.1, 0.15) is 5.76 Å². The second-order valence-electron chi connectivity index (χ2n) is 6.07. The van der Waals surface area contributed by atoms with Crippen molar-refractivity contribution in [2.24, 2.45) is 17.6 Å². The summed E-state index contributed by atoms with van der Waals surface area (Å²) in [6.45, 7) is 5.11. The molecule has 1 aliphatic rings. The predicted octanol–water partition coefficient (Wildman–Crippen LogP) is 2.78. The van der Waals surface area contributed by atoms with E-state index in [4.69, 9.17) is 10.2 Å². The molecule has 1 aromatic heterocycles. The predicted molar refractivity (Wildman–Crippen MR) is 78.9 cm³/mol. The molecule has 4 heteroatoms. The van der Waals surface area contributed by atoms with Gasteiger partial charge in [0.15, 0.2) is 0 Å². The topological polar surface area (TPSA) is 59.5 Å². The maximum atomic E-state index is 12.8. The molecule has 0 aliphatic heterocycles. The third kappa shape index (κ3) is 3.42. The van der Waals surface area contributed by atoms with Crippen LogP contribution in [0.25, 0.3) is 0 Å². The van der Waals surface area contributed by atoms with Gasteiger partial charge in [0.2, 0.25) is 5.91 Å². The van der Waals surface area contributed by atoms with E-state index in [1.165, 1.54) is 12.8 Å². The maximum Gasteiger partial charge on any atom is 0.227 e. The molecule has 1 heterocycles. The smallest absolute Gasteiger partial charge is 0.227 e. The molecule has 2 rings (SSSR count). The van der Waals surface area contributed by atoms with Crippen LogP contribution in [0.1, 0.15) is 45.3 Å². The summed E-state index contributed by atoms with van der Waals surface area (Å²) in [5, 5.41) is 0.